The molecule has 1 aliphatic heterocycles. The first-order valence-corrected chi connectivity index (χ1v) is 11.9. The van der Waals surface area contributed by atoms with Crippen molar-refractivity contribution in [3.63, 3.8) is 0 Å². The summed E-state index contributed by atoms with van der Waals surface area (Å²) in [6, 6.07) is 5.46. The number of aromatic amines is 2. The zero-order chi connectivity index (χ0) is 24.4. The summed E-state index contributed by atoms with van der Waals surface area (Å²) in [4.78, 5) is 23.9. The lowest BCUT2D eigenvalue weighted by molar-refractivity contribution is -0.563. The first kappa shape index (κ1) is 23.0. The number of hydrogen-bond donors (Lipinski definition) is 3. The molecule has 2 aromatic heterocycles. The lowest BCUT2D eigenvalue weighted by atomic mass is 10.0. The fourth-order valence-corrected chi connectivity index (χ4v) is 4.83. The Hall–Kier alpha value is -3.76. The quantitative estimate of drug-likeness (QED) is 0.341. The molecule has 1 saturated carbocycles. The Morgan fingerprint density at radius 2 is 2.20 bits per heavy atom. The maximum atomic E-state index is 15.1. The Labute approximate surface area is 201 Å². The van der Waals surface area contributed by atoms with E-state index in [9.17, 15) is 9.70 Å². The molecular formula is C24H28FN6O4+. The molecule has 0 spiro atoms. The molecule has 3 aromatic rings. The minimum Gasteiger partial charge on any atom is -0.474 e. The lowest BCUT2D eigenvalue weighted by Gasteiger charge is -2.13. The van der Waals surface area contributed by atoms with E-state index >= 15 is 4.39 Å². The van der Waals surface area contributed by atoms with Crippen LogP contribution < -0.4 is 10.1 Å². The highest BCUT2D eigenvalue weighted by Crippen LogP contribution is 2.37. The second-order valence-electron chi connectivity index (χ2n) is 8.95. The third-order valence-corrected chi connectivity index (χ3v) is 6.60. The number of hydrogen-bond acceptors (Lipinski definition) is 7. The number of nitroso groups, excluding NO2 is 1. The molecule has 184 valence electrons. The van der Waals surface area contributed by atoms with Gasteiger partial charge in [-0.25, -0.2) is 14.3 Å². The van der Waals surface area contributed by atoms with Crippen LogP contribution in [-0.4, -0.2) is 50.4 Å². The number of nitrogens with zero attached hydrogens (tertiary/aromatic N) is 3. The first-order valence-electron chi connectivity index (χ1n) is 11.9. The molecule has 2 aliphatic rings. The minimum absolute atomic E-state index is 0.0557. The molecule has 1 aromatic carbocycles. The molecule has 1 aliphatic carbocycles. The predicted molar refractivity (Wildman–Crippen MR) is 124 cm³/mol. The van der Waals surface area contributed by atoms with Gasteiger partial charge in [0, 0.05) is 33.8 Å². The summed E-state index contributed by atoms with van der Waals surface area (Å²) in [5.41, 5.74) is 2.85. The summed E-state index contributed by atoms with van der Waals surface area (Å²) in [5, 5.41) is 17.0. The molecule has 3 N–H and O–H groups in total. The number of aryl methyl sites for hydroxylation is 1. The molecule has 1 fully saturated rings. The van der Waals surface area contributed by atoms with Crippen LogP contribution in [0.25, 0.3) is 0 Å². The maximum absolute atomic E-state index is 15.1. The molecule has 0 saturated heterocycles. The molecule has 0 amide bonds. The second-order valence-corrected chi connectivity index (χ2v) is 8.95. The van der Waals surface area contributed by atoms with Crippen molar-refractivity contribution in [3.8, 4) is 5.88 Å². The van der Waals surface area contributed by atoms with Crippen LogP contribution in [-0.2, 0) is 17.7 Å². The van der Waals surface area contributed by atoms with E-state index in [2.05, 4.69) is 25.7 Å². The van der Waals surface area contributed by atoms with E-state index in [0.717, 1.165) is 41.7 Å². The fraction of sp³-hybridized carbons (Fsp3) is 0.458. The largest absolute Gasteiger partial charge is 0.474 e. The van der Waals surface area contributed by atoms with Crippen LogP contribution in [0.3, 0.4) is 0 Å². The van der Waals surface area contributed by atoms with Crippen molar-refractivity contribution in [3.05, 3.63) is 57.5 Å². The second kappa shape index (κ2) is 9.85. The topological polar surface area (TPSA) is 125 Å². The van der Waals surface area contributed by atoms with Crippen LogP contribution >= 0.6 is 0 Å². The van der Waals surface area contributed by atoms with Gasteiger partial charge in [0.05, 0.1) is 24.1 Å². The molecule has 10 nitrogen and oxygen atoms in total. The van der Waals surface area contributed by atoms with Crippen molar-refractivity contribution in [1.29, 1.82) is 0 Å². The third-order valence-electron chi connectivity index (χ3n) is 6.60. The molecule has 35 heavy (non-hydrogen) atoms. The number of carbonyl (C=O) groups excluding carboxylic acids is 1. The molecule has 2 unspecified atom stereocenters. The lowest BCUT2D eigenvalue weighted by Crippen LogP contribution is -2.15. The number of nitrogens with one attached hydrogen (secondary N) is 3. The van der Waals surface area contributed by atoms with Gasteiger partial charge < -0.3 is 14.8 Å². The van der Waals surface area contributed by atoms with Crippen LogP contribution in [0.4, 0.5) is 15.9 Å². The van der Waals surface area contributed by atoms with Gasteiger partial charge in [-0.3, -0.25) is 5.10 Å². The monoisotopic (exact) mass is 483 g/mol. The van der Waals surface area contributed by atoms with Crippen molar-refractivity contribution in [1.82, 2.24) is 20.4 Å². The number of esters is 1. The molecule has 11 heteroatoms. The first-order chi connectivity index (χ1) is 17.0. The smallest absolute Gasteiger partial charge is 0.345 e. The Balaban J connectivity index is 1.23. The van der Waals surface area contributed by atoms with Crippen LogP contribution in [0.2, 0.25) is 0 Å². The summed E-state index contributed by atoms with van der Waals surface area (Å²) in [5.74, 6) is 0.137. The van der Waals surface area contributed by atoms with Crippen LogP contribution in [0.1, 0.15) is 65.7 Å². The van der Waals surface area contributed by atoms with Crippen molar-refractivity contribution in [2.24, 2.45) is 0 Å². The van der Waals surface area contributed by atoms with E-state index in [0.29, 0.717) is 35.9 Å². The van der Waals surface area contributed by atoms with Crippen molar-refractivity contribution >= 4 is 17.5 Å². The number of rotatable bonds is 7. The number of benzene rings is 1. The highest BCUT2D eigenvalue weighted by atomic mass is 19.1. The van der Waals surface area contributed by atoms with Gasteiger partial charge in [-0.15, -0.1) is 0 Å². The third kappa shape index (κ3) is 4.89. The number of carbonyl (C=O) groups is 1. The van der Waals surface area contributed by atoms with Gasteiger partial charge in [0.1, 0.15) is 11.7 Å². The van der Waals surface area contributed by atoms with E-state index < -0.39 is 11.8 Å². The number of aromatic nitrogens is 4. The van der Waals surface area contributed by atoms with E-state index in [1.807, 2.05) is 12.1 Å². The average Bonchev–Trinajstić information content (AvgIpc) is 3.57. The summed E-state index contributed by atoms with van der Waals surface area (Å²) < 4.78 is 27.1. The van der Waals surface area contributed by atoms with Crippen LogP contribution in [0.5, 0.6) is 5.88 Å². The summed E-state index contributed by atoms with van der Waals surface area (Å²) >= 11 is 0. The highest BCUT2D eigenvalue weighted by molar-refractivity contribution is 5.91. The van der Waals surface area contributed by atoms with Gasteiger partial charge in [-0.05, 0) is 44.2 Å². The van der Waals surface area contributed by atoms with Gasteiger partial charge in [-0.1, -0.05) is 6.07 Å². The van der Waals surface area contributed by atoms with Gasteiger partial charge in [-0.2, -0.15) is 10.2 Å². The normalized spacial score (nSPS) is 19.8. The number of H-pyrrole nitrogens is 2. The Bertz CT molecular complexity index is 1240. The standard InChI is InChI=1S/C24H27FN6O4/c1-2-34-24(32)17-12-26-30-23(17)35-16-7-5-15(10-16)20-11-21(29-28-20)27-19-8-6-14-4-3-9-31(33)13-18(14)22(19)25/h6,8,11-12,15-16H,2-5,7,9-10,13H2,1H3,(H2-,26,27,28,29,30,32)/p+1. The van der Waals surface area contributed by atoms with Gasteiger partial charge in [0.25, 0.3) is 0 Å². The number of fused-ring (bicyclic) bond motifs is 1. The zero-order valence-corrected chi connectivity index (χ0v) is 19.5. The molecule has 0 bridgehead atoms. The van der Waals surface area contributed by atoms with Gasteiger partial charge in [0.2, 0.25) is 12.4 Å². The van der Waals surface area contributed by atoms with Crippen molar-refractivity contribution in [2.45, 2.75) is 57.6 Å². The fourth-order valence-electron chi connectivity index (χ4n) is 4.83. The van der Waals surface area contributed by atoms with Crippen LogP contribution in [0.15, 0.2) is 24.4 Å². The van der Waals surface area contributed by atoms with E-state index in [1.165, 1.54) is 6.20 Å². The molecule has 0 radical (unpaired) electrons. The van der Waals surface area contributed by atoms with Crippen molar-refractivity contribution < 1.29 is 23.4 Å². The molecule has 5 rings (SSSR count). The van der Waals surface area contributed by atoms with Crippen molar-refractivity contribution in [2.75, 3.05) is 18.5 Å². The van der Waals surface area contributed by atoms with E-state index in [1.54, 1.807) is 13.0 Å². The molecule has 2 atom stereocenters. The van der Waals surface area contributed by atoms with E-state index in [4.69, 9.17) is 9.47 Å². The minimum atomic E-state index is -0.469. The summed E-state index contributed by atoms with van der Waals surface area (Å²) in [6.07, 6.45) is 5.15. The Morgan fingerprint density at radius 1 is 1.31 bits per heavy atom. The van der Waals surface area contributed by atoms with E-state index in [-0.39, 0.29) is 30.7 Å². The maximum Gasteiger partial charge on any atom is 0.345 e. The molecular weight excluding hydrogens is 455 g/mol. The summed E-state index contributed by atoms with van der Waals surface area (Å²) in [7, 11) is 0. The van der Waals surface area contributed by atoms with Gasteiger partial charge in [0.15, 0.2) is 18.2 Å². The Morgan fingerprint density at radius 3 is 3.06 bits per heavy atom. The van der Waals surface area contributed by atoms with Crippen LogP contribution in [0, 0.1) is 10.7 Å². The number of halogens is 1. The Kier molecular flexibility index (Phi) is 6.47. The number of ether oxygens (including phenoxy) is 2. The number of anilines is 2. The molecule has 3 heterocycles. The van der Waals surface area contributed by atoms with Gasteiger partial charge >= 0.3 is 5.97 Å². The highest BCUT2D eigenvalue weighted by Gasteiger charge is 2.31. The predicted octanol–water partition coefficient (Wildman–Crippen LogP) is 4.13. The average molecular weight is 484 g/mol. The SMILES string of the molecule is CCOC(=O)c1cn[nH]c1OC1CCC(c2cc(Nc3ccc4c(c3F)C[N+](=O)CCC4)n[nH]2)C1. The summed E-state index contributed by atoms with van der Waals surface area (Å²) in [6.45, 7) is 2.49. The zero-order valence-electron chi connectivity index (χ0n) is 19.5.